The van der Waals surface area contributed by atoms with Crippen LogP contribution in [0.3, 0.4) is 0 Å². The molecule has 0 radical (unpaired) electrons. The number of morpholine rings is 1. The number of ether oxygens (including phenoxy) is 2. The molecule has 1 heterocycles. The summed E-state index contributed by atoms with van der Waals surface area (Å²) in [7, 11) is 1.35. The molecule has 0 saturated carbocycles. The van der Waals surface area contributed by atoms with Crippen LogP contribution < -0.4 is 10.6 Å². The van der Waals surface area contributed by atoms with Gasteiger partial charge in [-0.3, -0.25) is 19.3 Å². The zero-order chi connectivity index (χ0) is 24.3. The standard InChI is InChI=1S/C25H31N3O5S/c1-18(25(31)32-2)34-22-9-4-3-8-21(22)24(30)26-17-19-6-5-7-20(16-19)27-23(29)10-11-28-12-14-33-15-13-28/h3-9,16,18H,10-15,17H2,1-2H3,(H,26,30)(H,27,29). The lowest BCUT2D eigenvalue weighted by Crippen LogP contribution is -2.38. The van der Waals surface area contributed by atoms with Crippen LogP contribution >= 0.6 is 11.8 Å². The molecule has 1 aliphatic heterocycles. The van der Waals surface area contributed by atoms with Crippen molar-refractivity contribution in [2.24, 2.45) is 0 Å². The molecule has 9 heteroatoms. The molecule has 1 atom stereocenters. The van der Waals surface area contributed by atoms with Gasteiger partial charge in [-0.15, -0.1) is 11.8 Å². The minimum atomic E-state index is -0.428. The van der Waals surface area contributed by atoms with E-state index in [4.69, 9.17) is 9.47 Å². The third-order valence-electron chi connectivity index (χ3n) is 5.39. The first-order chi connectivity index (χ1) is 16.5. The van der Waals surface area contributed by atoms with Gasteiger partial charge in [-0.25, -0.2) is 0 Å². The molecule has 0 aliphatic carbocycles. The molecular formula is C25H31N3O5S. The molecule has 1 saturated heterocycles. The number of carbonyl (C=O) groups excluding carboxylic acids is 3. The van der Waals surface area contributed by atoms with Gasteiger partial charge in [0.05, 0.1) is 25.9 Å². The third-order valence-corrected chi connectivity index (χ3v) is 6.55. The highest BCUT2D eigenvalue weighted by Gasteiger charge is 2.19. The Labute approximate surface area is 204 Å². The van der Waals surface area contributed by atoms with Crippen molar-refractivity contribution in [3.05, 3.63) is 59.7 Å². The zero-order valence-corrected chi connectivity index (χ0v) is 20.4. The van der Waals surface area contributed by atoms with Gasteiger partial charge in [0.2, 0.25) is 5.91 Å². The van der Waals surface area contributed by atoms with Crippen molar-refractivity contribution in [3.63, 3.8) is 0 Å². The summed E-state index contributed by atoms with van der Waals surface area (Å²) in [6.07, 6.45) is 0.416. The van der Waals surface area contributed by atoms with Gasteiger partial charge in [-0.2, -0.15) is 0 Å². The minimum absolute atomic E-state index is 0.0432. The summed E-state index contributed by atoms with van der Waals surface area (Å²) in [6, 6.07) is 14.6. The first kappa shape index (κ1) is 25.7. The third kappa shape index (κ3) is 7.86. The van der Waals surface area contributed by atoms with Crippen molar-refractivity contribution in [3.8, 4) is 0 Å². The molecule has 1 unspecified atom stereocenters. The monoisotopic (exact) mass is 485 g/mol. The second-order valence-electron chi connectivity index (χ2n) is 7.91. The van der Waals surface area contributed by atoms with Crippen molar-refractivity contribution in [1.29, 1.82) is 0 Å². The summed E-state index contributed by atoms with van der Waals surface area (Å²) in [5, 5.41) is 5.42. The van der Waals surface area contributed by atoms with Crippen LogP contribution in [0.2, 0.25) is 0 Å². The average Bonchev–Trinajstić information content (AvgIpc) is 2.86. The summed E-state index contributed by atoms with van der Waals surface area (Å²) >= 11 is 1.28. The van der Waals surface area contributed by atoms with Crippen LogP contribution in [0.1, 0.15) is 29.3 Å². The highest BCUT2D eigenvalue weighted by atomic mass is 32.2. The fourth-order valence-corrected chi connectivity index (χ4v) is 4.52. The predicted octanol–water partition coefficient (Wildman–Crippen LogP) is 2.93. The molecule has 0 spiro atoms. The average molecular weight is 486 g/mol. The van der Waals surface area contributed by atoms with Gasteiger partial charge >= 0.3 is 5.97 Å². The van der Waals surface area contributed by atoms with Crippen molar-refractivity contribution in [2.45, 2.75) is 30.0 Å². The van der Waals surface area contributed by atoms with E-state index in [9.17, 15) is 14.4 Å². The van der Waals surface area contributed by atoms with E-state index in [-0.39, 0.29) is 17.8 Å². The molecule has 3 rings (SSSR count). The first-order valence-electron chi connectivity index (χ1n) is 11.3. The van der Waals surface area contributed by atoms with Gasteiger partial charge in [-0.1, -0.05) is 24.3 Å². The number of amides is 2. The summed E-state index contributed by atoms with van der Waals surface area (Å²) in [4.78, 5) is 39.9. The van der Waals surface area contributed by atoms with E-state index in [1.54, 1.807) is 19.1 Å². The van der Waals surface area contributed by atoms with Crippen LogP contribution in [0.25, 0.3) is 0 Å². The van der Waals surface area contributed by atoms with E-state index in [1.807, 2.05) is 36.4 Å². The molecule has 182 valence electrons. The fourth-order valence-electron chi connectivity index (χ4n) is 3.51. The Balaban J connectivity index is 1.53. The topological polar surface area (TPSA) is 97.0 Å². The summed E-state index contributed by atoms with van der Waals surface area (Å²) in [5.41, 5.74) is 2.06. The van der Waals surface area contributed by atoms with E-state index in [0.717, 1.165) is 18.7 Å². The lowest BCUT2D eigenvalue weighted by atomic mass is 10.1. The second-order valence-corrected chi connectivity index (χ2v) is 9.30. The predicted molar refractivity (Wildman–Crippen MR) is 132 cm³/mol. The summed E-state index contributed by atoms with van der Waals surface area (Å²) in [6.45, 7) is 5.88. The maximum atomic E-state index is 12.8. The SMILES string of the molecule is COC(=O)C(C)Sc1ccccc1C(=O)NCc1cccc(NC(=O)CCN2CCOCC2)c1. The number of nitrogens with one attached hydrogen (secondary N) is 2. The normalized spacial score (nSPS) is 14.8. The molecular weight excluding hydrogens is 454 g/mol. The largest absolute Gasteiger partial charge is 0.468 e. The molecule has 1 fully saturated rings. The molecule has 0 bridgehead atoms. The smallest absolute Gasteiger partial charge is 0.318 e. The van der Waals surface area contributed by atoms with Crippen molar-refractivity contribution in [1.82, 2.24) is 10.2 Å². The number of methoxy groups -OCH3 is 1. The molecule has 2 N–H and O–H groups in total. The Morgan fingerprint density at radius 2 is 1.88 bits per heavy atom. The van der Waals surface area contributed by atoms with Gasteiger partial charge < -0.3 is 20.1 Å². The van der Waals surface area contributed by atoms with Gasteiger partial charge in [0.1, 0.15) is 5.25 Å². The molecule has 2 aromatic carbocycles. The van der Waals surface area contributed by atoms with E-state index >= 15 is 0 Å². The van der Waals surface area contributed by atoms with E-state index in [2.05, 4.69) is 15.5 Å². The van der Waals surface area contributed by atoms with Crippen molar-refractivity contribution in [2.75, 3.05) is 45.3 Å². The Morgan fingerprint density at radius 3 is 2.65 bits per heavy atom. The van der Waals surface area contributed by atoms with Crippen molar-refractivity contribution < 1.29 is 23.9 Å². The summed E-state index contributed by atoms with van der Waals surface area (Å²) in [5.74, 6) is -0.623. The summed E-state index contributed by atoms with van der Waals surface area (Å²) < 4.78 is 10.1. The lowest BCUT2D eigenvalue weighted by molar-refractivity contribution is -0.139. The number of hydrogen-bond donors (Lipinski definition) is 2. The number of thioether (sulfide) groups is 1. The van der Waals surface area contributed by atoms with Gasteiger partial charge in [0.25, 0.3) is 5.91 Å². The number of rotatable bonds is 10. The number of nitrogens with zero attached hydrogens (tertiary/aromatic N) is 1. The quantitative estimate of drug-likeness (QED) is 0.395. The van der Waals surface area contributed by atoms with Gasteiger partial charge in [-0.05, 0) is 36.8 Å². The number of hydrogen-bond acceptors (Lipinski definition) is 7. The number of carbonyl (C=O) groups is 3. The maximum absolute atomic E-state index is 12.8. The highest BCUT2D eigenvalue weighted by Crippen LogP contribution is 2.27. The number of esters is 1. The Kier molecular flexibility index (Phi) is 9.93. The first-order valence-corrected chi connectivity index (χ1v) is 12.1. The minimum Gasteiger partial charge on any atom is -0.468 e. The second kappa shape index (κ2) is 13.1. The Morgan fingerprint density at radius 1 is 1.12 bits per heavy atom. The molecule has 8 nitrogen and oxygen atoms in total. The molecule has 2 aromatic rings. The van der Waals surface area contributed by atoms with Gasteiger partial charge in [0, 0.05) is 43.2 Å². The Bertz CT molecular complexity index is 994. The van der Waals surface area contributed by atoms with Crippen LogP contribution in [0.5, 0.6) is 0 Å². The van der Waals surface area contributed by atoms with Crippen LogP contribution in [0, 0.1) is 0 Å². The number of benzene rings is 2. The number of anilines is 1. The maximum Gasteiger partial charge on any atom is 0.318 e. The molecule has 2 amide bonds. The van der Waals surface area contributed by atoms with Crippen LogP contribution in [0.4, 0.5) is 5.69 Å². The van der Waals surface area contributed by atoms with E-state index in [0.29, 0.717) is 48.9 Å². The molecule has 0 aromatic heterocycles. The van der Waals surface area contributed by atoms with Crippen LogP contribution in [-0.2, 0) is 25.6 Å². The zero-order valence-electron chi connectivity index (χ0n) is 19.5. The molecule has 34 heavy (non-hydrogen) atoms. The van der Waals surface area contributed by atoms with E-state index in [1.165, 1.54) is 18.9 Å². The van der Waals surface area contributed by atoms with E-state index < -0.39 is 5.25 Å². The fraction of sp³-hybridized carbons (Fsp3) is 0.400. The van der Waals surface area contributed by atoms with Gasteiger partial charge in [0.15, 0.2) is 0 Å². The lowest BCUT2D eigenvalue weighted by Gasteiger charge is -2.26. The Hall–Kier alpha value is -2.88. The van der Waals surface area contributed by atoms with Crippen molar-refractivity contribution >= 4 is 35.2 Å². The molecule has 1 aliphatic rings. The van der Waals surface area contributed by atoms with Crippen LogP contribution in [-0.4, -0.2) is 67.9 Å². The van der Waals surface area contributed by atoms with Crippen LogP contribution in [0.15, 0.2) is 53.4 Å². The highest BCUT2D eigenvalue weighted by molar-refractivity contribution is 8.00.